The Bertz CT molecular complexity index is 1110. The molecule has 0 saturated heterocycles. The molecule has 7 heteroatoms. The first kappa shape index (κ1) is 17.9. The summed E-state index contributed by atoms with van der Waals surface area (Å²) in [6, 6.07) is 14.7. The van der Waals surface area contributed by atoms with Gasteiger partial charge in [0.15, 0.2) is 0 Å². The second-order valence-electron chi connectivity index (χ2n) is 6.06. The van der Waals surface area contributed by atoms with Crippen LogP contribution in [0.1, 0.15) is 18.5 Å². The van der Waals surface area contributed by atoms with Crippen molar-refractivity contribution < 1.29 is 9.18 Å². The Morgan fingerprint density at radius 2 is 2.00 bits per heavy atom. The average Bonchev–Trinajstić information content (AvgIpc) is 3.07. The minimum absolute atomic E-state index is 0.0665. The highest BCUT2D eigenvalue weighted by atomic mass is 32.2. The molecule has 0 spiro atoms. The maximum atomic E-state index is 14.2. The number of nitrogens with zero attached hydrogens (tertiary/aromatic N) is 2. The van der Waals surface area contributed by atoms with Crippen molar-refractivity contribution in [3.05, 3.63) is 66.2 Å². The zero-order chi connectivity index (χ0) is 18.8. The molecule has 0 aliphatic carbocycles. The van der Waals surface area contributed by atoms with Crippen LogP contribution in [-0.2, 0) is 4.79 Å². The molecule has 0 aliphatic heterocycles. The predicted molar refractivity (Wildman–Crippen MR) is 109 cm³/mol. The third-order valence-electron chi connectivity index (χ3n) is 4.21. The zero-order valence-corrected chi connectivity index (χ0v) is 16.1. The van der Waals surface area contributed by atoms with Crippen molar-refractivity contribution in [3.63, 3.8) is 0 Å². The number of aromatic nitrogens is 2. The molecule has 1 N–H and O–H groups in total. The van der Waals surface area contributed by atoms with Gasteiger partial charge in [0, 0.05) is 4.70 Å². The average molecular weight is 398 g/mol. The van der Waals surface area contributed by atoms with E-state index in [0.29, 0.717) is 15.9 Å². The summed E-state index contributed by atoms with van der Waals surface area (Å²) >= 11 is 2.79. The number of carbonyl (C=O) groups excluding carboxylic acids is 1. The summed E-state index contributed by atoms with van der Waals surface area (Å²) in [5.41, 5.74) is 1.66. The lowest BCUT2D eigenvalue weighted by molar-refractivity contribution is -0.119. The number of carbonyl (C=O) groups is 1. The number of nitrogens with one attached hydrogen (secondary N) is 1. The van der Waals surface area contributed by atoms with Gasteiger partial charge in [0.25, 0.3) is 0 Å². The minimum Gasteiger partial charge on any atom is -0.349 e. The van der Waals surface area contributed by atoms with Gasteiger partial charge in [0.05, 0.1) is 27.4 Å². The summed E-state index contributed by atoms with van der Waals surface area (Å²) < 4.78 is 15.8. The molecule has 1 atom stereocenters. The van der Waals surface area contributed by atoms with E-state index in [1.165, 1.54) is 35.5 Å². The van der Waals surface area contributed by atoms with Gasteiger partial charge < -0.3 is 5.32 Å². The maximum Gasteiger partial charge on any atom is 0.230 e. The number of rotatable bonds is 5. The zero-order valence-electron chi connectivity index (χ0n) is 14.5. The van der Waals surface area contributed by atoms with Crippen molar-refractivity contribution in [3.8, 4) is 0 Å². The molecule has 136 valence electrons. The standard InChI is InChI=1S/C20H16FN3OS2/c1-12(13-6-3-2-4-7-13)24-16(25)10-26-20-19-18(22-11-23-20)17-14(21)8-5-9-15(17)27-19/h2-9,11-12H,10H2,1H3,(H,24,25). The number of halogens is 1. The van der Waals surface area contributed by atoms with Gasteiger partial charge >= 0.3 is 0 Å². The highest BCUT2D eigenvalue weighted by Crippen LogP contribution is 2.38. The molecule has 0 fully saturated rings. The first-order chi connectivity index (χ1) is 13.1. The summed E-state index contributed by atoms with van der Waals surface area (Å²) in [6.45, 7) is 1.95. The number of hydrogen-bond donors (Lipinski definition) is 1. The molecule has 27 heavy (non-hydrogen) atoms. The van der Waals surface area contributed by atoms with Crippen molar-refractivity contribution >= 4 is 49.3 Å². The highest BCUT2D eigenvalue weighted by Gasteiger charge is 2.16. The van der Waals surface area contributed by atoms with E-state index in [0.717, 1.165) is 15.0 Å². The van der Waals surface area contributed by atoms with Crippen LogP contribution in [0.5, 0.6) is 0 Å². The summed E-state index contributed by atoms with van der Waals surface area (Å²) in [7, 11) is 0. The number of thioether (sulfide) groups is 1. The molecule has 2 aromatic heterocycles. The normalized spacial score (nSPS) is 12.4. The molecule has 2 aromatic carbocycles. The van der Waals surface area contributed by atoms with E-state index in [-0.39, 0.29) is 23.5 Å². The molecule has 4 aromatic rings. The summed E-state index contributed by atoms with van der Waals surface area (Å²) in [5.74, 6) is -0.127. The summed E-state index contributed by atoms with van der Waals surface area (Å²) in [5, 5.41) is 4.21. The van der Waals surface area contributed by atoms with Crippen LogP contribution >= 0.6 is 23.1 Å². The van der Waals surface area contributed by atoms with E-state index in [4.69, 9.17) is 0 Å². The van der Waals surface area contributed by atoms with Gasteiger partial charge in [-0.15, -0.1) is 11.3 Å². The molecular formula is C20H16FN3OS2. The Morgan fingerprint density at radius 1 is 1.19 bits per heavy atom. The van der Waals surface area contributed by atoms with Crippen LogP contribution in [0.25, 0.3) is 20.3 Å². The second kappa shape index (κ2) is 7.62. The Balaban J connectivity index is 1.51. The van der Waals surface area contributed by atoms with Gasteiger partial charge in [-0.3, -0.25) is 4.79 Å². The Hall–Kier alpha value is -2.51. The van der Waals surface area contributed by atoms with Gasteiger partial charge in [-0.2, -0.15) is 0 Å². The van der Waals surface area contributed by atoms with Gasteiger partial charge in [-0.25, -0.2) is 14.4 Å². The van der Waals surface area contributed by atoms with Crippen molar-refractivity contribution in [2.45, 2.75) is 18.0 Å². The van der Waals surface area contributed by atoms with Crippen LogP contribution in [-0.4, -0.2) is 21.6 Å². The highest BCUT2D eigenvalue weighted by molar-refractivity contribution is 8.00. The third kappa shape index (κ3) is 3.65. The van der Waals surface area contributed by atoms with E-state index in [1.807, 2.05) is 43.3 Å². The van der Waals surface area contributed by atoms with Crippen LogP contribution in [0.15, 0.2) is 59.9 Å². The molecule has 0 radical (unpaired) electrons. The second-order valence-corrected chi connectivity index (χ2v) is 8.08. The molecule has 0 aliphatic rings. The molecule has 1 amide bonds. The molecular weight excluding hydrogens is 381 g/mol. The van der Waals surface area contributed by atoms with Crippen LogP contribution in [0.2, 0.25) is 0 Å². The van der Waals surface area contributed by atoms with Gasteiger partial charge in [0.1, 0.15) is 17.2 Å². The van der Waals surface area contributed by atoms with Crippen LogP contribution in [0, 0.1) is 5.82 Å². The first-order valence-corrected chi connectivity index (χ1v) is 10.2. The monoisotopic (exact) mass is 397 g/mol. The molecule has 0 saturated carbocycles. The Kier molecular flexibility index (Phi) is 5.05. The summed E-state index contributed by atoms with van der Waals surface area (Å²) in [4.78, 5) is 20.9. The van der Waals surface area contributed by atoms with E-state index in [1.54, 1.807) is 6.07 Å². The van der Waals surface area contributed by atoms with Crippen molar-refractivity contribution in [1.29, 1.82) is 0 Å². The van der Waals surface area contributed by atoms with E-state index < -0.39 is 0 Å². The quantitative estimate of drug-likeness (QED) is 0.382. The number of hydrogen-bond acceptors (Lipinski definition) is 5. The van der Waals surface area contributed by atoms with Gasteiger partial charge in [-0.1, -0.05) is 48.2 Å². The van der Waals surface area contributed by atoms with Gasteiger partial charge in [-0.05, 0) is 24.6 Å². The molecule has 4 rings (SSSR count). The minimum atomic E-state index is -0.289. The van der Waals surface area contributed by atoms with Gasteiger partial charge in [0.2, 0.25) is 5.91 Å². The number of fused-ring (bicyclic) bond motifs is 3. The van der Waals surface area contributed by atoms with Crippen molar-refractivity contribution in [2.24, 2.45) is 0 Å². The predicted octanol–water partition coefficient (Wildman–Crippen LogP) is 4.95. The third-order valence-corrected chi connectivity index (χ3v) is 6.48. The van der Waals surface area contributed by atoms with E-state index in [2.05, 4.69) is 15.3 Å². The molecule has 0 bridgehead atoms. The lowest BCUT2D eigenvalue weighted by Gasteiger charge is -2.14. The number of amides is 1. The fourth-order valence-corrected chi connectivity index (χ4v) is 4.96. The number of thiophene rings is 1. The molecule has 2 heterocycles. The van der Waals surface area contributed by atoms with E-state index >= 15 is 0 Å². The SMILES string of the molecule is CC(NC(=O)CSc1ncnc2c1sc1cccc(F)c12)c1ccccc1. The first-order valence-electron chi connectivity index (χ1n) is 8.42. The van der Waals surface area contributed by atoms with Crippen LogP contribution in [0.3, 0.4) is 0 Å². The smallest absolute Gasteiger partial charge is 0.230 e. The van der Waals surface area contributed by atoms with Crippen LogP contribution in [0.4, 0.5) is 4.39 Å². The fraction of sp³-hybridized carbons (Fsp3) is 0.150. The Labute approximate surface area is 163 Å². The molecule has 4 nitrogen and oxygen atoms in total. The van der Waals surface area contributed by atoms with Crippen molar-refractivity contribution in [1.82, 2.24) is 15.3 Å². The van der Waals surface area contributed by atoms with Crippen LogP contribution < -0.4 is 5.32 Å². The summed E-state index contributed by atoms with van der Waals surface area (Å²) in [6.07, 6.45) is 1.42. The molecule has 1 unspecified atom stereocenters. The lowest BCUT2D eigenvalue weighted by atomic mass is 10.1. The van der Waals surface area contributed by atoms with Crippen molar-refractivity contribution in [2.75, 3.05) is 5.75 Å². The Morgan fingerprint density at radius 3 is 2.81 bits per heavy atom. The number of benzene rings is 2. The van der Waals surface area contributed by atoms with E-state index in [9.17, 15) is 9.18 Å². The lowest BCUT2D eigenvalue weighted by Crippen LogP contribution is -2.28. The largest absolute Gasteiger partial charge is 0.349 e. The maximum absolute atomic E-state index is 14.2. The topological polar surface area (TPSA) is 54.9 Å². The fourth-order valence-electron chi connectivity index (χ4n) is 2.90.